The van der Waals surface area contributed by atoms with Crippen LogP contribution in [0.2, 0.25) is 0 Å². The highest BCUT2D eigenvalue weighted by Gasteiger charge is 2.64. The zero-order valence-electron chi connectivity index (χ0n) is 24.3. The van der Waals surface area contributed by atoms with Gasteiger partial charge in [-0.25, -0.2) is 18.3 Å². The number of hydrogen-bond acceptors (Lipinski definition) is 6. The number of nitrogens with zero attached hydrogens (tertiary/aromatic N) is 1. The van der Waals surface area contributed by atoms with Gasteiger partial charge in [0.2, 0.25) is 0 Å². The molecule has 11 atom stereocenters. The Morgan fingerprint density at radius 2 is 1.70 bits per heavy atom. The Bertz CT molecular complexity index is 1070. The van der Waals surface area contributed by atoms with Gasteiger partial charge in [-0.1, -0.05) is 34.1 Å². The maximum atomic E-state index is 13.0. The van der Waals surface area contributed by atoms with Gasteiger partial charge in [-0.3, -0.25) is 0 Å². The Labute approximate surface area is 237 Å². The third kappa shape index (κ3) is 5.08. The van der Waals surface area contributed by atoms with Crippen molar-refractivity contribution in [1.29, 1.82) is 0 Å². The number of halogens is 2. The molecule has 1 saturated heterocycles. The summed E-state index contributed by atoms with van der Waals surface area (Å²) in [6, 6.07) is 0. The van der Waals surface area contributed by atoms with E-state index in [-0.39, 0.29) is 47.4 Å². The molecule has 8 nitrogen and oxygen atoms in total. The van der Waals surface area contributed by atoms with E-state index in [0.717, 1.165) is 51.4 Å². The summed E-state index contributed by atoms with van der Waals surface area (Å²) in [5.74, 6) is -0.686. The van der Waals surface area contributed by atoms with Crippen molar-refractivity contribution < 1.29 is 36.9 Å². The van der Waals surface area contributed by atoms with Gasteiger partial charge in [0.15, 0.2) is 0 Å². The normalized spacial score (nSPS) is 45.4. The minimum absolute atomic E-state index is 0.0462. The molecule has 3 N–H and O–H groups in total. The van der Waals surface area contributed by atoms with Crippen molar-refractivity contribution in [2.24, 2.45) is 52.3 Å². The van der Waals surface area contributed by atoms with Crippen molar-refractivity contribution in [3.05, 3.63) is 0 Å². The summed E-state index contributed by atoms with van der Waals surface area (Å²) in [5, 5.41) is 22.3. The largest absolute Gasteiger partial charge is 0.449 e. The molecule has 4 saturated carbocycles. The first-order valence-corrected chi connectivity index (χ1v) is 16.8. The second-order valence-electron chi connectivity index (χ2n) is 14.3. The number of nitrogens with one attached hydrogen (secondary N) is 1. The molecular formula is C29H48F2N2O6S. The summed E-state index contributed by atoms with van der Waals surface area (Å²) >= 11 is 0. The van der Waals surface area contributed by atoms with E-state index in [0.29, 0.717) is 34.4 Å². The number of rotatable bonds is 7. The molecule has 0 aromatic heterocycles. The van der Waals surface area contributed by atoms with Gasteiger partial charge in [-0.05, 0) is 104 Å². The zero-order chi connectivity index (χ0) is 29.3. The SMILES string of the molecule is CC[C@@H]1C2C[C@H](O)CC[C@]2(C)[C@H]2CC[C@]3(C)[C@@H]([C@H](C)CCOC(=O)NS(=O)(=O)N4CC(F)(F)C4)CC[C@H]3C2[C@@H]1O. The van der Waals surface area contributed by atoms with Crippen LogP contribution in [0.25, 0.3) is 0 Å². The van der Waals surface area contributed by atoms with E-state index in [4.69, 9.17) is 4.74 Å². The lowest BCUT2D eigenvalue weighted by Gasteiger charge is -2.64. The number of aliphatic hydroxyl groups is 2. The number of carbonyl (C=O) groups is 1. The molecule has 0 radical (unpaired) electrons. The first-order valence-electron chi connectivity index (χ1n) is 15.3. The average molecular weight is 591 g/mol. The zero-order valence-corrected chi connectivity index (χ0v) is 25.1. The molecule has 5 aliphatic rings. The summed E-state index contributed by atoms with van der Waals surface area (Å²) in [6.07, 6.45) is 6.75. The van der Waals surface area contributed by atoms with Crippen LogP contribution in [-0.4, -0.2) is 66.9 Å². The van der Waals surface area contributed by atoms with E-state index < -0.39 is 35.3 Å². The standard InChI is InChI=1S/C29H48F2N2O6S/c1-5-19-23-14-18(34)8-11-28(23,4)22-9-12-27(3)20(6-7-21(27)24(22)25(19)35)17(2)10-13-39-26(36)32-40(37,38)33-15-29(30,31)16-33/h17-25,34-35H,5-16H2,1-4H3,(H,32,36)/t17-,18-,19-,20-,21+,22+,23?,24?,25-,27-,28-/m1/s1. The maximum Gasteiger partial charge on any atom is 0.421 e. The molecule has 0 bridgehead atoms. The van der Waals surface area contributed by atoms with Gasteiger partial charge in [0.25, 0.3) is 5.92 Å². The van der Waals surface area contributed by atoms with E-state index in [1.807, 2.05) is 0 Å². The van der Waals surface area contributed by atoms with Crippen molar-refractivity contribution in [2.75, 3.05) is 19.7 Å². The molecule has 11 heteroatoms. The molecule has 5 rings (SSSR count). The number of carbonyl (C=O) groups excluding carboxylic acids is 1. The third-order valence-electron chi connectivity index (χ3n) is 12.3. The summed E-state index contributed by atoms with van der Waals surface area (Å²) in [6.45, 7) is 7.33. The van der Waals surface area contributed by atoms with Crippen LogP contribution < -0.4 is 4.72 Å². The first kappa shape index (κ1) is 30.4. The van der Waals surface area contributed by atoms with Gasteiger partial charge >= 0.3 is 16.3 Å². The lowest BCUT2D eigenvalue weighted by atomic mass is 9.41. The smallest absolute Gasteiger partial charge is 0.421 e. The van der Waals surface area contributed by atoms with Crippen molar-refractivity contribution >= 4 is 16.3 Å². The summed E-state index contributed by atoms with van der Waals surface area (Å²) in [4.78, 5) is 12.1. The van der Waals surface area contributed by atoms with Crippen LogP contribution in [0.1, 0.15) is 85.5 Å². The van der Waals surface area contributed by atoms with E-state index in [9.17, 15) is 32.2 Å². The van der Waals surface area contributed by atoms with Crippen LogP contribution in [0, 0.1) is 52.3 Å². The quantitative estimate of drug-likeness (QED) is 0.400. The molecule has 230 valence electrons. The van der Waals surface area contributed by atoms with Crippen LogP contribution in [-0.2, 0) is 14.9 Å². The molecule has 5 fully saturated rings. The summed E-state index contributed by atoms with van der Waals surface area (Å²) in [7, 11) is -4.33. The summed E-state index contributed by atoms with van der Waals surface area (Å²) < 4.78 is 57.6. The molecule has 0 aromatic carbocycles. The first-order chi connectivity index (χ1) is 18.6. The molecular weight excluding hydrogens is 542 g/mol. The van der Waals surface area contributed by atoms with Crippen LogP contribution >= 0.6 is 0 Å². The van der Waals surface area contributed by atoms with Gasteiger partial charge in [-0.2, -0.15) is 12.7 Å². The average Bonchev–Trinajstić information content (AvgIpc) is 3.20. The molecule has 1 heterocycles. The lowest BCUT2D eigenvalue weighted by molar-refractivity contribution is -0.203. The van der Waals surface area contributed by atoms with Crippen LogP contribution in [0.3, 0.4) is 0 Å². The number of ether oxygens (including phenoxy) is 1. The number of alkyl halides is 2. The van der Waals surface area contributed by atoms with Crippen molar-refractivity contribution in [3.63, 3.8) is 0 Å². The molecule has 0 spiro atoms. The van der Waals surface area contributed by atoms with E-state index in [1.165, 1.54) is 0 Å². The second-order valence-corrected chi connectivity index (χ2v) is 15.9. The fraction of sp³-hybridized carbons (Fsp3) is 0.966. The minimum atomic E-state index is -4.33. The van der Waals surface area contributed by atoms with Crippen LogP contribution in [0.5, 0.6) is 0 Å². The second kappa shape index (κ2) is 10.6. The highest BCUT2D eigenvalue weighted by Crippen LogP contribution is 2.69. The Morgan fingerprint density at radius 1 is 1.05 bits per heavy atom. The van der Waals surface area contributed by atoms with Gasteiger partial charge < -0.3 is 14.9 Å². The van der Waals surface area contributed by atoms with Crippen LogP contribution in [0.4, 0.5) is 13.6 Å². The topological polar surface area (TPSA) is 116 Å². The Kier molecular flexibility index (Phi) is 8.06. The van der Waals surface area contributed by atoms with E-state index >= 15 is 0 Å². The van der Waals surface area contributed by atoms with Crippen molar-refractivity contribution in [1.82, 2.24) is 9.03 Å². The number of fused-ring (bicyclic) bond motifs is 5. The highest BCUT2D eigenvalue weighted by atomic mass is 32.2. The van der Waals surface area contributed by atoms with Gasteiger partial charge in [0, 0.05) is 0 Å². The predicted molar refractivity (Wildman–Crippen MR) is 145 cm³/mol. The summed E-state index contributed by atoms with van der Waals surface area (Å²) in [5.41, 5.74) is 0.230. The Hall–Kier alpha value is -1.04. The minimum Gasteiger partial charge on any atom is -0.449 e. The van der Waals surface area contributed by atoms with Gasteiger partial charge in [0.1, 0.15) is 0 Å². The molecule has 4 aliphatic carbocycles. The fourth-order valence-electron chi connectivity index (χ4n) is 10.3. The molecule has 40 heavy (non-hydrogen) atoms. The van der Waals surface area contributed by atoms with Crippen molar-refractivity contribution in [2.45, 2.75) is 104 Å². The molecule has 1 amide bonds. The van der Waals surface area contributed by atoms with Gasteiger partial charge in [-0.15, -0.1) is 0 Å². The third-order valence-corrected chi connectivity index (χ3v) is 13.7. The predicted octanol–water partition coefficient (Wildman–Crippen LogP) is 4.56. The van der Waals surface area contributed by atoms with Gasteiger partial charge in [0.05, 0.1) is 31.9 Å². The maximum absolute atomic E-state index is 13.0. The number of hydrogen-bond donors (Lipinski definition) is 3. The highest BCUT2D eigenvalue weighted by molar-refractivity contribution is 7.87. The van der Waals surface area contributed by atoms with E-state index in [1.54, 1.807) is 4.72 Å². The molecule has 0 aromatic rings. The lowest BCUT2D eigenvalue weighted by Crippen LogP contribution is -2.62. The van der Waals surface area contributed by atoms with Crippen LogP contribution in [0.15, 0.2) is 0 Å². The van der Waals surface area contributed by atoms with Crippen molar-refractivity contribution in [3.8, 4) is 0 Å². The number of amides is 1. The molecule has 1 aliphatic heterocycles. The molecule has 2 unspecified atom stereocenters. The Morgan fingerprint density at radius 3 is 2.35 bits per heavy atom. The fourth-order valence-corrected chi connectivity index (χ4v) is 11.4. The van der Waals surface area contributed by atoms with E-state index in [2.05, 4.69) is 27.7 Å². The number of aliphatic hydroxyl groups excluding tert-OH is 2. The Balaban J connectivity index is 1.20. The monoisotopic (exact) mass is 590 g/mol.